The molecule has 0 radical (unpaired) electrons. The Bertz CT molecular complexity index is 1180. The number of hydrogen-bond donors (Lipinski definition) is 0. The highest BCUT2D eigenvalue weighted by Gasteiger charge is 2.30. The maximum atomic E-state index is 12.8. The van der Waals surface area contributed by atoms with Crippen molar-refractivity contribution >= 4 is 29.4 Å². The monoisotopic (exact) mass is 418 g/mol. The Labute approximate surface area is 179 Å². The summed E-state index contributed by atoms with van der Waals surface area (Å²) in [6, 6.07) is 18.0. The second-order valence-corrected chi connectivity index (χ2v) is 7.62. The van der Waals surface area contributed by atoms with Crippen LogP contribution in [0.1, 0.15) is 32.6 Å². The van der Waals surface area contributed by atoms with Gasteiger partial charge in [0, 0.05) is 11.1 Å². The van der Waals surface area contributed by atoms with Gasteiger partial charge in [0.15, 0.2) is 5.76 Å². The zero-order chi connectivity index (χ0) is 21.3. The van der Waals surface area contributed by atoms with Crippen LogP contribution in [-0.2, 0) is 11.2 Å². The smallest absolute Gasteiger partial charge is 0.315 e. The van der Waals surface area contributed by atoms with Crippen LogP contribution in [0, 0.1) is 13.8 Å². The number of aryl methyl sites for hydroxylation is 2. The summed E-state index contributed by atoms with van der Waals surface area (Å²) < 4.78 is 11.3. The molecule has 0 aromatic heterocycles. The molecule has 0 atom stereocenters. The Hall–Kier alpha value is -3.37. The van der Waals surface area contributed by atoms with Crippen molar-refractivity contribution < 1.29 is 19.1 Å². The number of Topliss-reactive ketones (excluding diaryl/α,β-unsaturated/α-hetero) is 1. The predicted octanol–water partition coefficient (Wildman–Crippen LogP) is 5.72. The van der Waals surface area contributed by atoms with Crippen molar-refractivity contribution in [2.75, 3.05) is 0 Å². The summed E-state index contributed by atoms with van der Waals surface area (Å²) in [5, 5.41) is 0.609. The van der Waals surface area contributed by atoms with Crippen molar-refractivity contribution in [3.05, 3.63) is 99.3 Å². The van der Waals surface area contributed by atoms with Gasteiger partial charge in [0.25, 0.3) is 0 Å². The quantitative estimate of drug-likeness (QED) is 0.309. The Kier molecular flexibility index (Phi) is 5.42. The minimum atomic E-state index is -0.406. The third kappa shape index (κ3) is 4.14. The molecular formula is C25H19ClO4. The van der Waals surface area contributed by atoms with Crippen LogP contribution in [0.5, 0.6) is 11.5 Å². The highest BCUT2D eigenvalue weighted by atomic mass is 35.5. The van der Waals surface area contributed by atoms with Crippen molar-refractivity contribution in [2.45, 2.75) is 20.3 Å². The van der Waals surface area contributed by atoms with Crippen LogP contribution in [0.15, 0.2) is 66.4 Å². The first kappa shape index (κ1) is 19.9. The van der Waals surface area contributed by atoms with E-state index in [9.17, 15) is 9.59 Å². The molecule has 0 unspecified atom stereocenters. The molecule has 150 valence electrons. The van der Waals surface area contributed by atoms with Gasteiger partial charge in [-0.3, -0.25) is 9.59 Å². The highest BCUT2D eigenvalue weighted by molar-refractivity contribution is 6.30. The number of fused-ring (bicyclic) bond motifs is 1. The first-order valence-corrected chi connectivity index (χ1v) is 9.88. The topological polar surface area (TPSA) is 52.6 Å². The van der Waals surface area contributed by atoms with Crippen LogP contribution >= 0.6 is 11.6 Å². The van der Waals surface area contributed by atoms with E-state index in [1.165, 1.54) is 0 Å². The second kappa shape index (κ2) is 8.17. The molecule has 3 aromatic carbocycles. The largest absolute Gasteiger partial charge is 0.452 e. The normalized spacial score (nSPS) is 13.8. The molecule has 0 saturated heterocycles. The lowest BCUT2D eigenvalue weighted by Gasteiger charge is -2.08. The molecular weight excluding hydrogens is 400 g/mol. The third-order valence-electron chi connectivity index (χ3n) is 4.91. The maximum Gasteiger partial charge on any atom is 0.315 e. The molecule has 0 N–H and O–H groups in total. The van der Waals surface area contributed by atoms with Gasteiger partial charge in [0.05, 0.1) is 12.0 Å². The van der Waals surface area contributed by atoms with Gasteiger partial charge in [-0.15, -0.1) is 0 Å². The summed E-state index contributed by atoms with van der Waals surface area (Å²) in [5.41, 5.74) is 3.95. The van der Waals surface area contributed by atoms with Gasteiger partial charge >= 0.3 is 5.97 Å². The summed E-state index contributed by atoms with van der Waals surface area (Å²) in [6.45, 7) is 3.77. The van der Waals surface area contributed by atoms with E-state index in [1.807, 2.05) is 31.2 Å². The fourth-order valence-electron chi connectivity index (χ4n) is 3.36. The number of hydrogen-bond acceptors (Lipinski definition) is 4. The van der Waals surface area contributed by atoms with E-state index < -0.39 is 5.97 Å². The van der Waals surface area contributed by atoms with Crippen LogP contribution < -0.4 is 9.47 Å². The molecule has 0 spiro atoms. The predicted molar refractivity (Wildman–Crippen MR) is 116 cm³/mol. The molecule has 0 fully saturated rings. The molecule has 3 aromatic rings. The molecule has 1 heterocycles. The lowest BCUT2D eigenvalue weighted by molar-refractivity contribution is -0.133. The van der Waals surface area contributed by atoms with Gasteiger partial charge in [-0.05, 0) is 60.4 Å². The van der Waals surface area contributed by atoms with Gasteiger partial charge in [-0.25, -0.2) is 0 Å². The fourth-order valence-corrected chi connectivity index (χ4v) is 3.49. The SMILES string of the molecule is Cc1ccccc1/C=C1\Oc2cc(OC(=O)Cc3ccc(Cl)cc3)cc(C)c2C1=O. The Morgan fingerprint density at radius 2 is 1.77 bits per heavy atom. The van der Waals surface area contributed by atoms with E-state index in [0.29, 0.717) is 27.6 Å². The maximum absolute atomic E-state index is 12.8. The first-order chi connectivity index (χ1) is 14.4. The van der Waals surface area contributed by atoms with E-state index in [1.54, 1.807) is 49.4 Å². The lowest BCUT2D eigenvalue weighted by Crippen LogP contribution is -2.11. The number of carbonyl (C=O) groups is 2. The average molecular weight is 419 g/mol. The van der Waals surface area contributed by atoms with Crippen molar-refractivity contribution in [2.24, 2.45) is 0 Å². The van der Waals surface area contributed by atoms with Gasteiger partial charge < -0.3 is 9.47 Å². The molecule has 0 amide bonds. The molecule has 0 aliphatic carbocycles. The Morgan fingerprint density at radius 1 is 1.03 bits per heavy atom. The number of carbonyl (C=O) groups excluding carboxylic acids is 2. The van der Waals surface area contributed by atoms with Crippen LogP contribution in [-0.4, -0.2) is 11.8 Å². The zero-order valence-corrected chi connectivity index (χ0v) is 17.3. The lowest BCUT2D eigenvalue weighted by atomic mass is 10.0. The van der Waals surface area contributed by atoms with Gasteiger partial charge in [0.2, 0.25) is 5.78 Å². The number of ether oxygens (including phenoxy) is 2. The number of halogens is 1. The first-order valence-electron chi connectivity index (χ1n) is 9.50. The van der Waals surface area contributed by atoms with Crippen molar-refractivity contribution in [3.63, 3.8) is 0 Å². The Balaban J connectivity index is 1.54. The molecule has 1 aliphatic rings. The van der Waals surface area contributed by atoms with Crippen LogP contribution in [0.3, 0.4) is 0 Å². The van der Waals surface area contributed by atoms with Gasteiger partial charge in [0.1, 0.15) is 11.5 Å². The summed E-state index contributed by atoms with van der Waals surface area (Å²) in [6.07, 6.45) is 1.86. The van der Waals surface area contributed by atoms with E-state index >= 15 is 0 Å². The summed E-state index contributed by atoms with van der Waals surface area (Å²) in [5.74, 6) is 0.415. The van der Waals surface area contributed by atoms with Crippen molar-refractivity contribution in [1.29, 1.82) is 0 Å². The minimum absolute atomic E-state index is 0.117. The number of allylic oxidation sites excluding steroid dienone is 1. The van der Waals surface area contributed by atoms with E-state index in [2.05, 4.69) is 0 Å². The molecule has 0 saturated carbocycles. The number of benzene rings is 3. The zero-order valence-electron chi connectivity index (χ0n) is 16.6. The van der Waals surface area contributed by atoms with E-state index in [0.717, 1.165) is 16.7 Å². The minimum Gasteiger partial charge on any atom is -0.452 e. The van der Waals surface area contributed by atoms with E-state index in [-0.39, 0.29) is 18.0 Å². The molecule has 5 heteroatoms. The molecule has 4 rings (SSSR count). The molecule has 0 bridgehead atoms. The molecule has 4 nitrogen and oxygen atoms in total. The fraction of sp³-hybridized carbons (Fsp3) is 0.120. The summed E-state index contributed by atoms with van der Waals surface area (Å²) in [7, 11) is 0. The second-order valence-electron chi connectivity index (χ2n) is 7.19. The van der Waals surface area contributed by atoms with Crippen LogP contribution in [0.25, 0.3) is 6.08 Å². The van der Waals surface area contributed by atoms with Crippen LogP contribution in [0.2, 0.25) is 5.02 Å². The number of esters is 1. The Morgan fingerprint density at radius 3 is 2.50 bits per heavy atom. The third-order valence-corrected chi connectivity index (χ3v) is 5.16. The van der Waals surface area contributed by atoms with Crippen LogP contribution in [0.4, 0.5) is 0 Å². The highest BCUT2D eigenvalue weighted by Crippen LogP contribution is 2.37. The standard InChI is InChI=1S/C25H19ClO4/c1-15-5-3-4-6-18(15)13-22-25(28)24-16(2)11-20(14-21(24)30-22)29-23(27)12-17-7-9-19(26)10-8-17/h3-11,13-14H,12H2,1-2H3/b22-13-. The molecule has 1 aliphatic heterocycles. The van der Waals surface area contributed by atoms with Gasteiger partial charge in [-0.1, -0.05) is 48.0 Å². The van der Waals surface area contributed by atoms with Crippen molar-refractivity contribution in [3.8, 4) is 11.5 Å². The average Bonchev–Trinajstić information content (AvgIpc) is 3.01. The number of rotatable bonds is 4. The molecule has 30 heavy (non-hydrogen) atoms. The van der Waals surface area contributed by atoms with Crippen molar-refractivity contribution in [1.82, 2.24) is 0 Å². The number of ketones is 1. The van der Waals surface area contributed by atoms with E-state index in [4.69, 9.17) is 21.1 Å². The summed E-state index contributed by atoms with van der Waals surface area (Å²) >= 11 is 5.87. The summed E-state index contributed by atoms with van der Waals surface area (Å²) in [4.78, 5) is 25.1. The van der Waals surface area contributed by atoms with Gasteiger partial charge in [-0.2, -0.15) is 0 Å².